The van der Waals surface area contributed by atoms with Gasteiger partial charge in [-0.05, 0) is 49.8 Å². The average molecular weight is 361 g/mol. The van der Waals surface area contributed by atoms with Crippen LogP contribution in [-0.2, 0) is 16.1 Å². The van der Waals surface area contributed by atoms with Gasteiger partial charge in [0.1, 0.15) is 6.10 Å². The van der Waals surface area contributed by atoms with Gasteiger partial charge in [0, 0.05) is 19.2 Å². The first-order valence-corrected chi connectivity index (χ1v) is 9.86. The first-order valence-electron chi connectivity index (χ1n) is 9.86. The smallest absolute Gasteiger partial charge is 0.252 e. The fourth-order valence-corrected chi connectivity index (χ4v) is 4.08. The fraction of sp³-hybridized carbons (Fsp3) is 0.667. The molecule has 1 aliphatic heterocycles. The third-order valence-electron chi connectivity index (χ3n) is 5.55. The Hall–Kier alpha value is -1.75. The van der Waals surface area contributed by atoms with Crippen LogP contribution < -0.4 is 9.47 Å². The third kappa shape index (κ3) is 4.50. The van der Waals surface area contributed by atoms with Crippen molar-refractivity contribution >= 4 is 5.91 Å². The zero-order valence-electron chi connectivity index (χ0n) is 16.0. The number of carbonyl (C=O) groups excluding carboxylic acids is 1. The maximum absolute atomic E-state index is 13.2. The van der Waals surface area contributed by atoms with E-state index in [0.717, 1.165) is 37.7 Å². The monoisotopic (exact) mass is 361 g/mol. The lowest BCUT2D eigenvalue weighted by molar-refractivity contribution is -0.150. The maximum atomic E-state index is 13.2. The summed E-state index contributed by atoms with van der Waals surface area (Å²) in [5, 5.41) is 0. The summed E-state index contributed by atoms with van der Waals surface area (Å²) in [7, 11) is 3.28. The molecule has 0 bridgehead atoms. The molecule has 5 heteroatoms. The Labute approximate surface area is 156 Å². The van der Waals surface area contributed by atoms with Crippen molar-refractivity contribution in [2.24, 2.45) is 0 Å². The Balaban J connectivity index is 1.79. The van der Waals surface area contributed by atoms with Gasteiger partial charge in [-0.2, -0.15) is 0 Å². The van der Waals surface area contributed by atoms with E-state index < -0.39 is 0 Å². The van der Waals surface area contributed by atoms with Gasteiger partial charge in [-0.1, -0.05) is 25.3 Å². The van der Waals surface area contributed by atoms with E-state index in [0.29, 0.717) is 30.7 Å². The van der Waals surface area contributed by atoms with E-state index in [1.54, 1.807) is 14.2 Å². The van der Waals surface area contributed by atoms with Crippen LogP contribution in [0, 0.1) is 0 Å². The number of ether oxygens (including phenoxy) is 3. The summed E-state index contributed by atoms with van der Waals surface area (Å²) in [5.41, 5.74) is 1.07. The molecule has 26 heavy (non-hydrogen) atoms. The molecular formula is C21H31NO4. The van der Waals surface area contributed by atoms with Crippen LogP contribution in [0.15, 0.2) is 18.2 Å². The van der Waals surface area contributed by atoms with E-state index in [9.17, 15) is 4.79 Å². The van der Waals surface area contributed by atoms with E-state index in [1.165, 1.54) is 19.3 Å². The quantitative estimate of drug-likeness (QED) is 0.770. The summed E-state index contributed by atoms with van der Waals surface area (Å²) >= 11 is 0. The van der Waals surface area contributed by atoms with E-state index in [4.69, 9.17) is 14.2 Å². The number of rotatable bonds is 6. The highest BCUT2D eigenvalue weighted by Crippen LogP contribution is 2.31. The molecular weight excluding hydrogens is 330 g/mol. The summed E-state index contributed by atoms with van der Waals surface area (Å²) in [6.45, 7) is 1.30. The van der Waals surface area contributed by atoms with E-state index >= 15 is 0 Å². The molecule has 1 amide bonds. The summed E-state index contributed by atoms with van der Waals surface area (Å²) in [6, 6.07) is 6.22. The summed E-state index contributed by atoms with van der Waals surface area (Å²) < 4.78 is 16.6. The molecule has 2 aliphatic rings. The normalized spacial score (nSPS) is 21.2. The van der Waals surface area contributed by atoms with Crippen molar-refractivity contribution in [2.45, 2.75) is 70.1 Å². The highest BCUT2D eigenvalue weighted by Gasteiger charge is 2.32. The van der Waals surface area contributed by atoms with E-state index in [2.05, 4.69) is 4.90 Å². The standard InChI is InChI=1S/C21H31NO4/c1-24-18-12-11-16(14-20(18)25-2)15-22(17-8-4-3-5-9-17)21(23)19-10-6-7-13-26-19/h11-12,14,17,19H,3-10,13,15H2,1-2H3/t19-/m0/s1. The molecule has 0 N–H and O–H groups in total. The van der Waals surface area contributed by atoms with Crippen LogP contribution in [-0.4, -0.2) is 43.8 Å². The molecule has 1 atom stereocenters. The van der Waals surface area contributed by atoms with Crippen LogP contribution in [0.3, 0.4) is 0 Å². The highest BCUT2D eigenvalue weighted by atomic mass is 16.5. The van der Waals surface area contributed by atoms with Gasteiger partial charge in [-0.3, -0.25) is 4.79 Å². The van der Waals surface area contributed by atoms with Crippen LogP contribution in [0.2, 0.25) is 0 Å². The van der Waals surface area contributed by atoms with Crippen molar-refractivity contribution in [1.82, 2.24) is 4.90 Å². The molecule has 0 aromatic heterocycles. The van der Waals surface area contributed by atoms with Gasteiger partial charge < -0.3 is 19.1 Å². The third-order valence-corrected chi connectivity index (χ3v) is 5.55. The van der Waals surface area contributed by atoms with Crippen molar-refractivity contribution in [3.05, 3.63) is 23.8 Å². The molecule has 1 heterocycles. The number of carbonyl (C=O) groups is 1. The Morgan fingerprint density at radius 2 is 1.77 bits per heavy atom. The minimum absolute atomic E-state index is 0.159. The summed E-state index contributed by atoms with van der Waals surface area (Å²) in [4.78, 5) is 15.3. The predicted molar refractivity (Wildman–Crippen MR) is 101 cm³/mol. The lowest BCUT2D eigenvalue weighted by Gasteiger charge is -2.37. The molecule has 5 nitrogen and oxygen atoms in total. The molecule has 1 aliphatic carbocycles. The highest BCUT2D eigenvalue weighted by molar-refractivity contribution is 5.81. The molecule has 1 saturated heterocycles. The van der Waals surface area contributed by atoms with Gasteiger partial charge in [0.15, 0.2) is 11.5 Å². The van der Waals surface area contributed by atoms with Crippen molar-refractivity contribution in [3.63, 3.8) is 0 Å². The van der Waals surface area contributed by atoms with Crippen LogP contribution >= 0.6 is 0 Å². The number of methoxy groups -OCH3 is 2. The van der Waals surface area contributed by atoms with E-state index in [-0.39, 0.29) is 12.0 Å². The van der Waals surface area contributed by atoms with Gasteiger partial charge in [0.25, 0.3) is 5.91 Å². The number of nitrogens with zero attached hydrogens (tertiary/aromatic N) is 1. The van der Waals surface area contributed by atoms with Crippen molar-refractivity contribution < 1.29 is 19.0 Å². The molecule has 0 spiro atoms. The Morgan fingerprint density at radius 1 is 1.04 bits per heavy atom. The number of benzene rings is 1. The lowest BCUT2D eigenvalue weighted by Crippen LogP contribution is -2.47. The Kier molecular flexibility index (Phi) is 6.78. The Bertz CT molecular complexity index is 592. The van der Waals surface area contributed by atoms with Crippen molar-refractivity contribution in [1.29, 1.82) is 0 Å². The van der Waals surface area contributed by atoms with Gasteiger partial charge in [0.05, 0.1) is 14.2 Å². The number of hydrogen-bond donors (Lipinski definition) is 0. The molecule has 2 fully saturated rings. The van der Waals surface area contributed by atoms with Gasteiger partial charge in [0.2, 0.25) is 0 Å². The van der Waals surface area contributed by atoms with E-state index in [1.807, 2.05) is 18.2 Å². The van der Waals surface area contributed by atoms with Gasteiger partial charge in [-0.25, -0.2) is 0 Å². The topological polar surface area (TPSA) is 48.0 Å². The number of hydrogen-bond acceptors (Lipinski definition) is 4. The molecule has 0 unspecified atom stereocenters. The molecule has 1 aromatic rings. The minimum Gasteiger partial charge on any atom is -0.493 e. The fourth-order valence-electron chi connectivity index (χ4n) is 4.08. The first kappa shape index (κ1) is 19.0. The second kappa shape index (κ2) is 9.26. The second-order valence-electron chi connectivity index (χ2n) is 7.30. The van der Waals surface area contributed by atoms with Gasteiger partial charge in [-0.15, -0.1) is 0 Å². The Morgan fingerprint density at radius 3 is 2.42 bits per heavy atom. The van der Waals surface area contributed by atoms with Gasteiger partial charge >= 0.3 is 0 Å². The predicted octanol–water partition coefficient (Wildman–Crippen LogP) is 3.93. The largest absolute Gasteiger partial charge is 0.493 e. The minimum atomic E-state index is -0.272. The zero-order chi connectivity index (χ0) is 18.4. The second-order valence-corrected chi connectivity index (χ2v) is 7.30. The molecule has 1 saturated carbocycles. The van der Waals surface area contributed by atoms with Crippen LogP contribution in [0.1, 0.15) is 56.9 Å². The summed E-state index contributed by atoms with van der Waals surface area (Å²) in [6.07, 6.45) is 8.55. The molecule has 3 rings (SSSR count). The van der Waals surface area contributed by atoms with Crippen LogP contribution in [0.25, 0.3) is 0 Å². The summed E-state index contributed by atoms with van der Waals surface area (Å²) in [5.74, 6) is 1.57. The molecule has 1 aromatic carbocycles. The lowest BCUT2D eigenvalue weighted by atomic mass is 9.93. The zero-order valence-corrected chi connectivity index (χ0v) is 16.0. The number of amides is 1. The van der Waals surface area contributed by atoms with Crippen LogP contribution in [0.4, 0.5) is 0 Å². The van der Waals surface area contributed by atoms with Crippen LogP contribution in [0.5, 0.6) is 11.5 Å². The molecule has 144 valence electrons. The average Bonchev–Trinajstić information content (AvgIpc) is 2.72. The first-order chi connectivity index (χ1) is 12.7. The van der Waals surface area contributed by atoms with Crippen molar-refractivity contribution in [3.8, 4) is 11.5 Å². The SMILES string of the molecule is COc1ccc(CN(C(=O)[C@@H]2CCCCO2)C2CCCCC2)cc1OC. The van der Waals surface area contributed by atoms with Crippen molar-refractivity contribution in [2.75, 3.05) is 20.8 Å². The molecule has 0 radical (unpaired) electrons. The maximum Gasteiger partial charge on any atom is 0.252 e.